The number of carbonyl (C=O) groups excluding carboxylic acids is 2. The molecule has 2 aromatic rings. The molecule has 0 radical (unpaired) electrons. The second kappa shape index (κ2) is 4.67. The van der Waals surface area contributed by atoms with E-state index in [0.717, 1.165) is 10.9 Å². The van der Waals surface area contributed by atoms with Crippen LogP contribution >= 0.6 is 0 Å². The number of ketones is 1. The number of hydrogen-bond donors (Lipinski definition) is 2. The molecule has 1 saturated heterocycles. The number of likely N-dealkylation sites (tertiary alicyclic amines) is 1. The molecular formula is C15H16N2O3. The smallest absolute Gasteiger partial charge is 0.270 e. The summed E-state index contributed by atoms with van der Waals surface area (Å²) in [6, 6.07) is 6.72. The van der Waals surface area contributed by atoms with Gasteiger partial charge in [0.1, 0.15) is 17.2 Å². The number of aromatic nitrogens is 1. The highest BCUT2D eigenvalue weighted by molar-refractivity contribution is 5.99. The van der Waals surface area contributed by atoms with Crippen LogP contribution in [0, 0.1) is 5.92 Å². The van der Waals surface area contributed by atoms with Crippen LogP contribution in [0.25, 0.3) is 10.9 Å². The summed E-state index contributed by atoms with van der Waals surface area (Å²) >= 11 is 0. The number of aromatic hydroxyl groups is 1. The van der Waals surface area contributed by atoms with Gasteiger partial charge in [0.05, 0.1) is 0 Å². The predicted octanol–water partition coefficient (Wildman–Crippen LogP) is 1.92. The Kier molecular flexibility index (Phi) is 2.97. The molecule has 1 aliphatic heterocycles. The summed E-state index contributed by atoms with van der Waals surface area (Å²) in [6.07, 6.45) is 0.425. The molecule has 0 aliphatic carbocycles. The Hall–Kier alpha value is -2.30. The fraction of sp³-hybridized carbons (Fsp3) is 0.333. The van der Waals surface area contributed by atoms with E-state index in [9.17, 15) is 14.7 Å². The molecular weight excluding hydrogens is 256 g/mol. The van der Waals surface area contributed by atoms with Crippen molar-refractivity contribution in [2.75, 3.05) is 13.1 Å². The van der Waals surface area contributed by atoms with Crippen LogP contribution in [-0.4, -0.2) is 39.8 Å². The van der Waals surface area contributed by atoms with Crippen LogP contribution in [0.15, 0.2) is 24.3 Å². The molecule has 1 aliphatic rings. The van der Waals surface area contributed by atoms with Crippen LogP contribution < -0.4 is 0 Å². The van der Waals surface area contributed by atoms with Crippen LogP contribution in [0.3, 0.4) is 0 Å². The van der Waals surface area contributed by atoms with Gasteiger partial charge < -0.3 is 15.0 Å². The first-order valence-corrected chi connectivity index (χ1v) is 6.68. The van der Waals surface area contributed by atoms with Gasteiger partial charge in [-0.15, -0.1) is 0 Å². The van der Waals surface area contributed by atoms with Gasteiger partial charge in [-0.05, 0) is 18.2 Å². The standard InChI is InChI=1S/C15H16N2O3/c1-9-8-17(5-4-14(9)19)15(20)13-6-10-2-3-11(18)7-12(10)16-13/h2-3,6-7,9,16,18H,4-5,8H2,1H3. The first kappa shape index (κ1) is 12.7. The number of phenolic OH excluding ortho intramolecular Hbond substituents is 1. The number of fused-ring (bicyclic) bond motifs is 1. The molecule has 1 unspecified atom stereocenters. The molecule has 0 bridgehead atoms. The summed E-state index contributed by atoms with van der Waals surface area (Å²) in [7, 11) is 0. The van der Waals surface area contributed by atoms with Crippen molar-refractivity contribution in [2.45, 2.75) is 13.3 Å². The summed E-state index contributed by atoms with van der Waals surface area (Å²) < 4.78 is 0. The molecule has 3 rings (SSSR count). The second-order valence-electron chi connectivity index (χ2n) is 5.32. The molecule has 20 heavy (non-hydrogen) atoms. The minimum Gasteiger partial charge on any atom is -0.508 e. The van der Waals surface area contributed by atoms with Crippen LogP contribution in [0.1, 0.15) is 23.8 Å². The summed E-state index contributed by atoms with van der Waals surface area (Å²) in [5.41, 5.74) is 1.22. The highest BCUT2D eigenvalue weighted by Crippen LogP contribution is 2.22. The van der Waals surface area contributed by atoms with Crippen molar-refractivity contribution < 1.29 is 14.7 Å². The van der Waals surface area contributed by atoms with Gasteiger partial charge in [-0.2, -0.15) is 0 Å². The lowest BCUT2D eigenvalue weighted by molar-refractivity contribution is -0.124. The van der Waals surface area contributed by atoms with Gasteiger partial charge in [0.25, 0.3) is 5.91 Å². The van der Waals surface area contributed by atoms with Crippen LogP contribution in [0.5, 0.6) is 5.75 Å². The number of amides is 1. The molecule has 0 spiro atoms. The summed E-state index contributed by atoms with van der Waals surface area (Å²) in [4.78, 5) is 28.7. The summed E-state index contributed by atoms with van der Waals surface area (Å²) in [6.45, 7) is 2.80. The number of carbonyl (C=O) groups is 2. The maximum atomic E-state index is 12.4. The van der Waals surface area contributed by atoms with Gasteiger partial charge in [0.2, 0.25) is 0 Å². The molecule has 1 atom stereocenters. The fourth-order valence-electron chi connectivity index (χ4n) is 2.60. The summed E-state index contributed by atoms with van der Waals surface area (Å²) in [5.74, 6) is 0.187. The molecule has 5 nitrogen and oxygen atoms in total. The Balaban J connectivity index is 1.87. The van der Waals surface area contributed by atoms with Crippen LogP contribution in [0.4, 0.5) is 0 Å². The molecule has 104 valence electrons. The highest BCUT2D eigenvalue weighted by Gasteiger charge is 2.27. The zero-order valence-corrected chi connectivity index (χ0v) is 11.2. The largest absolute Gasteiger partial charge is 0.508 e. The normalized spacial score (nSPS) is 19.6. The third kappa shape index (κ3) is 2.15. The van der Waals surface area contributed by atoms with Gasteiger partial charge in [-0.25, -0.2) is 0 Å². The number of nitrogens with zero attached hydrogens (tertiary/aromatic N) is 1. The third-order valence-corrected chi connectivity index (χ3v) is 3.80. The van der Waals surface area contributed by atoms with Crippen molar-refractivity contribution >= 4 is 22.6 Å². The lowest BCUT2D eigenvalue weighted by Crippen LogP contribution is -2.43. The maximum Gasteiger partial charge on any atom is 0.270 e. The number of aromatic amines is 1. The minimum atomic E-state index is -0.0972. The van der Waals surface area contributed by atoms with Gasteiger partial charge in [0.15, 0.2) is 0 Å². The minimum absolute atomic E-state index is 0.0962. The summed E-state index contributed by atoms with van der Waals surface area (Å²) in [5, 5.41) is 10.3. The van der Waals surface area contributed by atoms with E-state index in [1.165, 1.54) is 0 Å². The van der Waals surface area contributed by atoms with E-state index in [2.05, 4.69) is 4.98 Å². The number of H-pyrrole nitrogens is 1. The zero-order chi connectivity index (χ0) is 14.3. The molecule has 5 heteroatoms. The van der Waals surface area contributed by atoms with Crippen molar-refractivity contribution in [3.63, 3.8) is 0 Å². The SMILES string of the molecule is CC1CN(C(=O)c2cc3ccc(O)cc3[nH]2)CCC1=O. The van der Waals surface area contributed by atoms with E-state index in [-0.39, 0.29) is 23.4 Å². The number of rotatable bonds is 1. The molecule has 1 aromatic carbocycles. The van der Waals surface area contributed by atoms with Crippen molar-refractivity contribution in [1.29, 1.82) is 0 Å². The number of hydrogen-bond acceptors (Lipinski definition) is 3. The number of benzene rings is 1. The van der Waals surface area contributed by atoms with E-state index in [1.54, 1.807) is 29.2 Å². The van der Waals surface area contributed by atoms with Gasteiger partial charge in [-0.1, -0.05) is 6.92 Å². The van der Waals surface area contributed by atoms with Gasteiger partial charge >= 0.3 is 0 Å². The Morgan fingerprint density at radius 1 is 1.40 bits per heavy atom. The first-order valence-electron chi connectivity index (χ1n) is 6.68. The van der Waals surface area contributed by atoms with E-state index in [0.29, 0.717) is 25.2 Å². The zero-order valence-electron chi connectivity index (χ0n) is 11.2. The van der Waals surface area contributed by atoms with E-state index in [4.69, 9.17) is 0 Å². The highest BCUT2D eigenvalue weighted by atomic mass is 16.3. The molecule has 2 heterocycles. The Labute approximate surface area is 116 Å². The maximum absolute atomic E-state index is 12.4. The molecule has 2 N–H and O–H groups in total. The Morgan fingerprint density at radius 3 is 2.95 bits per heavy atom. The number of Topliss-reactive ketones (excluding diaryl/α,β-unsaturated/α-hetero) is 1. The van der Waals surface area contributed by atoms with Crippen LogP contribution in [0.2, 0.25) is 0 Å². The van der Waals surface area contributed by atoms with Crippen LogP contribution in [-0.2, 0) is 4.79 Å². The fourth-order valence-corrected chi connectivity index (χ4v) is 2.60. The lowest BCUT2D eigenvalue weighted by atomic mass is 9.98. The quantitative estimate of drug-likeness (QED) is 0.833. The predicted molar refractivity (Wildman–Crippen MR) is 74.7 cm³/mol. The van der Waals surface area contributed by atoms with Crippen molar-refractivity contribution in [3.05, 3.63) is 30.0 Å². The Morgan fingerprint density at radius 2 is 2.20 bits per heavy atom. The lowest BCUT2D eigenvalue weighted by Gasteiger charge is -2.29. The monoisotopic (exact) mass is 272 g/mol. The van der Waals surface area contributed by atoms with Crippen molar-refractivity contribution in [2.24, 2.45) is 5.92 Å². The topological polar surface area (TPSA) is 73.4 Å². The van der Waals surface area contributed by atoms with E-state index < -0.39 is 0 Å². The molecule has 1 aromatic heterocycles. The number of nitrogens with one attached hydrogen (secondary N) is 1. The van der Waals surface area contributed by atoms with Crippen molar-refractivity contribution in [3.8, 4) is 5.75 Å². The molecule has 1 fully saturated rings. The van der Waals surface area contributed by atoms with Gasteiger partial charge in [-0.3, -0.25) is 9.59 Å². The van der Waals surface area contributed by atoms with Crippen molar-refractivity contribution in [1.82, 2.24) is 9.88 Å². The van der Waals surface area contributed by atoms with Gasteiger partial charge in [0, 0.05) is 42.4 Å². The number of piperidine rings is 1. The van der Waals surface area contributed by atoms with E-state index in [1.807, 2.05) is 6.92 Å². The molecule has 0 saturated carbocycles. The Bertz CT molecular complexity index is 689. The average Bonchev–Trinajstić information content (AvgIpc) is 2.84. The molecule has 1 amide bonds. The first-order chi connectivity index (χ1) is 9.54. The second-order valence-corrected chi connectivity index (χ2v) is 5.32. The average molecular weight is 272 g/mol. The van der Waals surface area contributed by atoms with E-state index >= 15 is 0 Å². The number of phenols is 1. The third-order valence-electron chi connectivity index (χ3n) is 3.80.